The lowest BCUT2D eigenvalue weighted by Crippen LogP contribution is -2.24. The smallest absolute Gasteiger partial charge is 0.250 e. The van der Waals surface area contributed by atoms with Crippen molar-refractivity contribution in [2.24, 2.45) is 0 Å². The second-order valence-corrected chi connectivity index (χ2v) is 6.37. The van der Waals surface area contributed by atoms with E-state index in [4.69, 9.17) is 0 Å². The highest BCUT2D eigenvalue weighted by molar-refractivity contribution is 14.1. The van der Waals surface area contributed by atoms with Gasteiger partial charge in [0.2, 0.25) is 0 Å². The fourth-order valence-electron chi connectivity index (χ4n) is 2.93. The van der Waals surface area contributed by atoms with Crippen molar-refractivity contribution >= 4 is 22.6 Å². The summed E-state index contributed by atoms with van der Waals surface area (Å²) in [6.45, 7) is 0.798. The second kappa shape index (κ2) is 5.49. The van der Waals surface area contributed by atoms with Crippen LogP contribution in [0.3, 0.4) is 0 Å². The quantitative estimate of drug-likeness (QED) is 0.746. The van der Waals surface area contributed by atoms with Gasteiger partial charge in [0.15, 0.2) is 0 Å². The minimum atomic E-state index is 0.100. The minimum Gasteiger partial charge on any atom is -0.314 e. The third-order valence-electron chi connectivity index (χ3n) is 3.86. The molecule has 2 aromatic rings. The molecule has 0 spiro atoms. The summed E-state index contributed by atoms with van der Waals surface area (Å²) in [6.07, 6.45) is 5.53. The Morgan fingerprint density at radius 1 is 1.21 bits per heavy atom. The highest BCUT2D eigenvalue weighted by Gasteiger charge is 2.20. The average Bonchev–Trinajstić information content (AvgIpc) is 2.43. The molecule has 1 heterocycles. The molecule has 98 valence electrons. The van der Waals surface area contributed by atoms with Gasteiger partial charge in [0, 0.05) is 28.3 Å². The van der Waals surface area contributed by atoms with Gasteiger partial charge in [0.25, 0.3) is 5.56 Å². The Kier molecular flexibility index (Phi) is 3.73. The lowest BCUT2D eigenvalue weighted by Gasteiger charge is -2.26. The summed E-state index contributed by atoms with van der Waals surface area (Å²) < 4.78 is 2.97. The fraction of sp³-hybridized carbons (Fsp3) is 0.312. The van der Waals surface area contributed by atoms with Crippen molar-refractivity contribution < 1.29 is 0 Å². The Hall–Kier alpha value is -1.10. The predicted molar refractivity (Wildman–Crippen MR) is 85.5 cm³/mol. The minimum absolute atomic E-state index is 0.100. The number of hydrogen-bond acceptors (Lipinski definition) is 1. The van der Waals surface area contributed by atoms with E-state index in [1.807, 2.05) is 16.8 Å². The van der Waals surface area contributed by atoms with E-state index in [1.54, 1.807) is 6.07 Å². The van der Waals surface area contributed by atoms with Crippen LogP contribution in [0, 0.1) is 3.57 Å². The van der Waals surface area contributed by atoms with Crippen LogP contribution in [0.15, 0.2) is 47.4 Å². The molecular weight excluding hydrogens is 349 g/mol. The number of halogens is 1. The third kappa shape index (κ3) is 2.76. The third-order valence-corrected chi connectivity index (χ3v) is 4.50. The summed E-state index contributed by atoms with van der Waals surface area (Å²) in [5, 5.41) is 0. The molecule has 1 aromatic carbocycles. The van der Waals surface area contributed by atoms with Crippen LogP contribution in [0.1, 0.15) is 29.9 Å². The molecule has 0 radical (unpaired) electrons. The molecule has 2 nitrogen and oxygen atoms in total. The van der Waals surface area contributed by atoms with Crippen molar-refractivity contribution in [1.82, 2.24) is 4.57 Å². The van der Waals surface area contributed by atoms with E-state index < -0.39 is 0 Å². The Bertz CT molecular complexity index is 647. The summed E-state index contributed by atoms with van der Waals surface area (Å²) in [5.41, 5.74) is 2.99. The topological polar surface area (TPSA) is 22.0 Å². The van der Waals surface area contributed by atoms with Gasteiger partial charge in [0.05, 0.1) is 0 Å². The fourth-order valence-corrected chi connectivity index (χ4v) is 3.44. The summed E-state index contributed by atoms with van der Waals surface area (Å²) in [4.78, 5) is 11.9. The van der Waals surface area contributed by atoms with Crippen LogP contribution >= 0.6 is 22.6 Å². The first kappa shape index (κ1) is 12.9. The molecule has 1 aromatic heterocycles. The van der Waals surface area contributed by atoms with Gasteiger partial charge in [-0.25, -0.2) is 0 Å². The van der Waals surface area contributed by atoms with Gasteiger partial charge >= 0.3 is 0 Å². The van der Waals surface area contributed by atoms with Gasteiger partial charge in [-0.2, -0.15) is 0 Å². The Labute approximate surface area is 126 Å². The Balaban J connectivity index is 1.93. The van der Waals surface area contributed by atoms with Gasteiger partial charge in [-0.3, -0.25) is 4.79 Å². The molecule has 1 unspecified atom stereocenters. The van der Waals surface area contributed by atoms with Crippen molar-refractivity contribution in [3.05, 3.63) is 67.6 Å². The molecule has 0 saturated heterocycles. The number of nitrogens with zero attached hydrogens (tertiary/aromatic N) is 1. The maximum absolute atomic E-state index is 11.9. The van der Waals surface area contributed by atoms with E-state index in [0.717, 1.165) is 10.1 Å². The molecule has 1 aliphatic rings. The molecule has 19 heavy (non-hydrogen) atoms. The van der Waals surface area contributed by atoms with E-state index in [9.17, 15) is 4.79 Å². The highest BCUT2D eigenvalue weighted by atomic mass is 127. The lowest BCUT2D eigenvalue weighted by atomic mass is 9.83. The monoisotopic (exact) mass is 365 g/mol. The molecule has 0 bridgehead atoms. The van der Waals surface area contributed by atoms with Crippen LogP contribution in [0.25, 0.3) is 0 Å². The first-order valence-electron chi connectivity index (χ1n) is 6.68. The summed E-state index contributed by atoms with van der Waals surface area (Å²) in [7, 11) is 0. The van der Waals surface area contributed by atoms with Crippen LogP contribution in [-0.2, 0) is 13.0 Å². The number of rotatable bonds is 2. The van der Waals surface area contributed by atoms with E-state index in [0.29, 0.717) is 5.92 Å². The van der Waals surface area contributed by atoms with Gasteiger partial charge in [0.1, 0.15) is 0 Å². The van der Waals surface area contributed by atoms with Crippen LogP contribution in [0.2, 0.25) is 0 Å². The van der Waals surface area contributed by atoms with Crippen LogP contribution in [0.5, 0.6) is 0 Å². The first-order valence-corrected chi connectivity index (χ1v) is 7.76. The van der Waals surface area contributed by atoms with E-state index >= 15 is 0 Å². The standard InChI is InChI=1S/C16H16INO/c17-14-8-9-16(19)18(11-14)10-13-6-3-5-12-4-1-2-7-15(12)13/h1-2,4,7-9,11,13H,3,5-6,10H2. The van der Waals surface area contributed by atoms with E-state index in [1.165, 1.54) is 30.4 Å². The number of aromatic nitrogens is 1. The van der Waals surface area contributed by atoms with Gasteiger partial charge in [-0.1, -0.05) is 24.3 Å². The summed E-state index contributed by atoms with van der Waals surface area (Å²) in [5.74, 6) is 0.473. The molecule has 0 fully saturated rings. The van der Waals surface area contributed by atoms with Crippen molar-refractivity contribution in [2.45, 2.75) is 31.7 Å². The number of hydrogen-bond donors (Lipinski definition) is 0. The maximum Gasteiger partial charge on any atom is 0.250 e. The van der Waals surface area contributed by atoms with Crippen LogP contribution in [-0.4, -0.2) is 4.57 Å². The number of pyridine rings is 1. The normalized spacial score (nSPS) is 18.1. The SMILES string of the molecule is O=c1ccc(I)cn1CC1CCCc2ccccc21. The second-order valence-electron chi connectivity index (χ2n) is 5.13. The van der Waals surface area contributed by atoms with Gasteiger partial charge < -0.3 is 4.57 Å². The molecule has 1 aliphatic carbocycles. The van der Waals surface area contributed by atoms with Crippen molar-refractivity contribution in [3.8, 4) is 0 Å². The number of aryl methyl sites for hydroxylation is 1. The van der Waals surface area contributed by atoms with Crippen LogP contribution in [0.4, 0.5) is 0 Å². The molecule has 0 aliphatic heterocycles. The highest BCUT2D eigenvalue weighted by Crippen LogP contribution is 2.32. The molecular formula is C16H16INO. The largest absolute Gasteiger partial charge is 0.314 e. The average molecular weight is 365 g/mol. The Morgan fingerprint density at radius 3 is 2.95 bits per heavy atom. The predicted octanol–water partition coefficient (Wildman–Crippen LogP) is 3.57. The summed E-state index contributed by atoms with van der Waals surface area (Å²) >= 11 is 2.26. The number of benzene rings is 1. The first-order chi connectivity index (χ1) is 9.24. The summed E-state index contributed by atoms with van der Waals surface area (Å²) in [6, 6.07) is 12.2. The van der Waals surface area contributed by atoms with Crippen LogP contribution < -0.4 is 5.56 Å². The molecule has 3 rings (SSSR count). The molecule has 1 atom stereocenters. The molecule has 3 heteroatoms. The lowest BCUT2D eigenvalue weighted by molar-refractivity contribution is 0.475. The molecule has 0 amide bonds. The van der Waals surface area contributed by atoms with Gasteiger partial charge in [-0.15, -0.1) is 0 Å². The van der Waals surface area contributed by atoms with Crippen molar-refractivity contribution in [1.29, 1.82) is 0 Å². The van der Waals surface area contributed by atoms with E-state index in [-0.39, 0.29) is 5.56 Å². The van der Waals surface area contributed by atoms with Gasteiger partial charge in [-0.05, 0) is 59.0 Å². The van der Waals surface area contributed by atoms with Crippen molar-refractivity contribution in [2.75, 3.05) is 0 Å². The maximum atomic E-state index is 11.9. The van der Waals surface area contributed by atoms with Crippen molar-refractivity contribution in [3.63, 3.8) is 0 Å². The zero-order chi connectivity index (χ0) is 13.2. The zero-order valence-corrected chi connectivity index (χ0v) is 12.8. The zero-order valence-electron chi connectivity index (χ0n) is 10.7. The Morgan fingerprint density at radius 2 is 2.05 bits per heavy atom. The number of fused-ring (bicyclic) bond motifs is 1. The molecule has 0 saturated carbocycles. The molecule has 0 N–H and O–H groups in total. The van der Waals surface area contributed by atoms with E-state index in [2.05, 4.69) is 46.9 Å².